The number of aromatic hydroxyl groups is 1. The standard InChI is InChI=1S/C28H21Cl3N2O5/c1-14(2)37-27(35)17-9-8-15(3)23(11-17)32-33-24-19-7-5-4-6-16(19)10-20(25(24)34)28(36)38-26-21(30)12-18(29)13-22(26)31/h4-14,34H,1-3H3. The number of fused-ring (bicyclic) bond motifs is 1. The molecule has 0 aliphatic heterocycles. The molecule has 4 rings (SSSR count). The van der Waals surface area contributed by atoms with Crippen molar-refractivity contribution in [3.63, 3.8) is 0 Å². The summed E-state index contributed by atoms with van der Waals surface area (Å²) in [4.78, 5) is 25.4. The van der Waals surface area contributed by atoms with Gasteiger partial charge in [-0.15, -0.1) is 5.11 Å². The smallest absolute Gasteiger partial charge is 0.347 e. The Bertz CT molecular complexity index is 1580. The minimum Gasteiger partial charge on any atom is -0.505 e. The summed E-state index contributed by atoms with van der Waals surface area (Å²) < 4.78 is 10.7. The minimum absolute atomic E-state index is 0.0300. The van der Waals surface area contributed by atoms with Crippen molar-refractivity contribution in [1.29, 1.82) is 0 Å². The van der Waals surface area contributed by atoms with E-state index in [0.29, 0.717) is 22.0 Å². The summed E-state index contributed by atoms with van der Waals surface area (Å²) in [5, 5.41) is 21.1. The number of azo groups is 1. The van der Waals surface area contributed by atoms with Gasteiger partial charge in [0, 0.05) is 10.4 Å². The van der Waals surface area contributed by atoms with Crippen molar-refractivity contribution in [3.05, 3.63) is 92.4 Å². The molecule has 0 bridgehead atoms. The van der Waals surface area contributed by atoms with E-state index in [9.17, 15) is 14.7 Å². The topological polar surface area (TPSA) is 97.5 Å². The van der Waals surface area contributed by atoms with Gasteiger partial charge in [0.25, 0.3) is 0 Å². The van der Waals surface area contributed by atoms with Crippen LogP contribution in [0, 0.1) is 6.92 Å². The number of benzene rings is 4. The van der Waals surface area contributed by atoms with Crippen LogP contribution in [0.25, 0.3) is 10.8 Å². The molecule has 4 aromatic rings. The van der Waals surface area contributed by atoms with Crippen LogP contribution in [0.4, 0.5) is 11.4 Å². The summed E-state index contributed by atoms with van der Waals surface area (Å²) in [5.74, 6) is -1.95. The van der Waals surface area contributed by atoms with E-state index in [0.717, 1.165) is 5.56 Å². The zero-order valence-corrected chi connectivity index (χ0v) is 22.7. The van der Waals surface area contributed by atoms with Gasteiger partial charge < -0.3 is 14.6 Å². The zero-order chi connectivity index (χ0) is 27.6. The number of carbonyl (C=O) groups excluding carboxylic acids is 2. The van der Waals surface area contributed by atoms with Crippen LogP contribution in [-0.2, 0) is 4.74 Å². The van der Waals surface area contributed by atoms with Crippen molar-refractivity contribution in [1.82, 2.24) is 0 Å². The van der Waals surface area contributed by atoms with Crippen LogP contribution in [0.2, 0.25) is 15.1 Å². The average Bonchev–Trinajstić information content (AvgIpc) is 2.85. The Hall–Kier alpha value is -3.65. The highest BCUT2D eigenvalue weighted by molar-refractivity contribution is 6.40. The number of aryl methyl sites for hydroxylation is 1. The van der Waals surface area contributed by atoms with E-state index in [1.165, 1.54) is 18.2 Å². The molecule has 0 aliphatic carbocycles. The average molecular weight is 572 g/mol. The van der Waals surface area contributed by atoms with Crippen molar-refractivity contribution in [3.8, 4) is 11.5 Å². The molecule has 0 aromatic heterocycles. The number of carbonyl (C=O) groups is 2. The molecular formula is C28H21Cl3N2O5. The first kappa shape index (κ1) is 27.4. The van der Waals surface area contributed by atoms with Crippen molar-refractivity contribution in [2.75, 3.05) is 0 Å². The minimum atomic E-state index is -0.912. The van der Waals surface area contributed by atoms with Gasteiger partial charge in [-0.3, -0.25) is 0 Å². The number of esters is 2. The molecule has 4 aromatic carbocycles. The number of phenols is 1. The SMILES string of the molecule is Cc1ccc(C(=O)OC(C)C)cc1N=Nc1c(O)c(C(=O)Oc2c(Cl)cc(Cl)cc2Cl)cc2ccccc12. The lowest BCUT2D eigenvalue weighted by Gasteiger charge is -2.12. The number of ether oxygens (including phenoxy) is 2. The lowest BCUT2D eigenvalue weighted by Crippen LogP contribution is -2.11. The molecule has 0 radical (unpaired) electrons. The number of phenolic OH excluding ortho intramolecular Hbond substituents is 1. The van der Waals surface area contributed by atoms with Crippen LogP contribution < -0.4 is 4.74 Å². The Morgan fingerprint density at radius 3 is 2.26 bits per heavy atom. The van der Waals surface area contributed by atoms with E-state index in [2.05, 4.69) is 10.2 Å². The molecule has 1 N–H and O–H groups in total. The van der Waals surface area contributed by atoms with Crippen LogP contribution in [0.3, 0.4) is 0 Å². The normalized spacial score (nSPS) is 11.3. The summed E-state index contributed by atoms with van der Waals surface area (Å²) in [6, 6.07) is 16.1. The first-order valence-corrected chi connectivity index (χ1v) is 12.5. The van der Waals surface area contributed by atoms with Gasteiger partial charge in [-0.2, -0.15) is 5.11 Å². The van der Waals surface area contributed by atoms with Crippen molar-refractivity contribution in [2.45, 2.75) is 26.9 Å². The molecule has 0 atom stereocenters. The third kappa shape index (κ3) is 5.91. The number of hydrogen-bond donors (Lipinski definition) is 1. The van der Waals surface area contributed by atoms with E-state index in [1.54, 1.807) is 63.2 Å². The maximum absolute atomic E-state index is 13.1. The molecule has 0 fully saturated rings. The quantitative estimate of drug-likeness (QED) is 0.141. The van der Waals surface area contributed by atoms with E-state index < -0.39 is 17.7 Å². The van der Waals surface area contributed by atoms with E-state index in [-0.39, 0.29) is 38.2 Å². The number of hydrogen-bond acceptors (Lipinski definition) is 7. The molecule has 194 valence electrons. The van der Waals surface area contributed by atoms with Crippen LogP contribution in [0.5, 0.6) is 11.5 Å². The highest BCUT2D eigenvalue weighted by Crippen LogP contribution is 2.41. The second kappa shape index (κ2) is 11.4. The summed E-state index contributed by atoms with van der Waals surface area (Å²) in [6.45, 7) is 5.32. The highest BCUT2D eigenvalue weighted by Gasteiger charge is 2.22. The maximum Gasteiger partial charge on any atom is 0.347 e. The van der Waals surface area contributed by atoms with Gasteiger partial charge in [0.05, 0.1) is 27.4 Å². The third-order valence-corrected chi connectivity index (χ3v) is 6.20. The number of rotatable bonds is 6. The van der Waals surface area contributed by atoms with Crippen LogP contribution in [0.15, 0.2) is 70.9 Å². The zero-order valence-electron chi connectivity index (χ0n) is 20.5. The monoisotopic (exact) mass is 570 g/mol. The van der Waals surface area contributed by atoms with E-state index >= 15 is 0 Å². The molecule has 0 spiro atoms. The molecule has 38 heavy (non-hydrogen) atoms. The summed E-state index contributed by atoms with van der Waals surface area (Å²) in [7, 11) is 0. The lowest BCUT2D eigenvalue weighted by molar-refractivity contribution is 0.0377. The fraction of sp³-hybridized carbons (Fsp3) is 0.143. The molecule has 0 aliphatic rings. The predicted octanol–water partition coefficient (Wildman–Crippen LogP) is 9.01. The number of nitrogens with zero attached hydrogens (tertiary/aromatic N) is 2. The Morgan fingerprint density at radius 1 is 0.895 bits per heavy atom. The first-order valence-electron chi connectivity index (χ1n) is 11.4. The van der Waals surface area contributed by atoms with Gasteiger partial charge in [0.1, 0.15) is 11.3 Å². The van der Waals surface area contributed by atoms with Crippen LogP contribution in [-0.4, -0.2) is 23.1 Å². The van der Waals surface area contributed by atoms with Gasteiger partial charge in [-0.1, -0.05) is 65.1 Å². The Morgan fingerprint density at radius 2 is 1.58 bits per heavy atom. The Balaban J connectivity index is 1.76. The number of halogens is 3. The fourth-order valence-corrected chi connectivity index (χ4v) is 4.47. The summed E-state index contributed by atoms with van der Waals surface area (Å²) in [5.41, 5.74) is 1.30. The second-order valence-electron chi connectivity index (χ2n) is 8.59. The van der Waals surface area contributed by atoms with Crippen molar-refractivity contribution < 1.29 is 24.2 Å². The second-order valence-corrected chi connectivity index (χ2v) is 9.84. The van der Waals surface area contributed by atoms with Crippen LogP contribution in [0.1, 0.15) is 40.1 Å². The molecule has 10 heteroatoms. The molecule has 7 nitrogen and oxygen atoms in total. The summed E-state index contributed by atoms with van der Waals surface area (Å²) in [6.07, 6.45) is -0.280. The predicted molar refractivity (Wildman–Crippen MR) is 148 cm³/mol. The van der Waals surface area contributed by atoms with Gasteiger partial charge >= 0.3 is 11.9 Å². The van der Waals surface area contributed by atoms with Gasteiger partial charge in [0.2, 0.25) is 0 Å². The van der Waals surface area contributed by atoms with Gasteiger partial charge in [0.15, 0.2) is 11.5 Å². The van der Waals surface area contributed by atoms with Crippen molar-refractivity contribution >= 4 is 68.9 Å². The molecule has 0 unspecified atom stereocenters. The molecule has 0 amide bonds. The molecular weight excluding hydrogens is 551 g/mol. The summed E-state index contributed by atoms with van der Waals surface area (Å²) >= 11 is 18.2. The fourth-order valence-electron chi connectivity index (χ4n) is 3.58. The van der Waals surface area contributed by atoms with Crippen LogP contribution >= 0.6 is 34.8 Å². The van der Waals surface area contributed by atoms with Gasteiger partial charge in [-0.05, 0) is 62.1 Å². The lowest BCUT2D eigenvalue weighted by atomic mass is 10.0. The Kier molecular flexibility index (Phi) is 8.21. The third-order valence-electron chi connectivity index (χ3n) is 5.42. The van der Waals surface area contributed by atoms with E-state index in [4.69, 9.17) is 44.3 Å². The molecule has 0 saturated heterocycles. The first-order chi connectivity index (χ1) is 18.0. The maximum atomic E-state index is 13.1. The molecule has 0 saturated carbocycles. The molecule has 0 heterocycles. The highest BCUT2D eigenvalue weighted by atomic mass is 35.5. The largest absolute Gasteiger partial charge is 0.505 e. The van der Waals surface area contributed by atoms with Crippen molar-refractivity contribution in [2.24, 2.45) is 10.2 Å². The Labute approximate surface area is 233 Å². The van der Waals surface area contributed by atoms with Gasteiger partial charge in [-0.25, -0.2) is 9.59 Å². The van der Waals surface area contributed by atoms with E-state index in [1.807, 2.05) is 0 Å².